The number of nitrogens with one attached hydrogen (secondary N) is 2. The van der Waals surface area contributed by atoms with Gasteiger partial charge in [0.25, 0.3) is 15.9 Å². The summed E-state index contributed by atoms with van der Waals surface area (Å²) in [6.07, 6.45) is 0. The van der Waals surface area contributed by atoms with Crippen LogP contribution in [0.25, 0.3) is 0 Å². The zero-order valence-electron chi connectivity index (χ0n) is 16.4. The Bertz CT molecular complexity index is 1140. The molecule has 0 aliphatic heterocycles. The van der Waals surface area contributed by atoms with Crippen molar-refractivity contribution in [1.82, 2.24) is 0 Å². The van der Waals surface area contributed by atoms with Gasteiger partial charge >= 0.3 is 0 Å². The molecule has 0 bridgehead atoms. The summed E-state index contributed by atoms with van der Waals surface area (Å²) in [5, 5.41) is 2.80. The number of aryl methyl sites for hydroxylation is 2. The van der Waals surface area contributed by atoms with E-state index >= 15 is 0 Å². The number of anilines is 2. The minimum absolute atomic E-state index is 0.181. The van der Waals surface area contributed by atoms with Gasteiger partial charge in [-0.25, -0.2) is 8.42 Å². The summed E-state index contributed by atoms with van der Waals surface area (Å²) in [7, 11) is -2.18. The number of carbonyl (C=O) groups is 1. The predicted octanol–water partition coefficient (Wildman–Crippen LogP) is 4.37. The molecule has 0 unspecified atom stereocenters. The molecular formula is C22H22N2O4S. The topological polar surface area (TPSA) is 84.5 Å². The molecule has 0 fully saturated rings. The average molecular weight is 410 g/mol. The summed E-state index contributed by atoms with van der Waals surface area (Å²) in [4.78, 5) is 12.8. The molecule has 0 heterocycles. The first-order chi connectivity index (χ1) is 13.8. The first-order valence-corrected chi connectivity index (χ1v) is 10.4. The maximum Gasteiger partial charge on any atom is 0.261 e. The lowest BCUT2D eigenvalue weighted by Crippen LogP contribution is -2.15. The fourth-order valence-corrected chi connectivity index (χ4v) is 3.91. The Kier molecular flexibility index (Phi) is 5.89. The van der Waals surface area contributed by atoms with E-state index in [1.165, 1.54) is 7.11 Å². The van der Waals surface area contributed by atoms with Crippen molar-refractivity contribution in [2.24, 2.45) is 0 Å². The van der Waals surface area contributed by atoms with E-state index in [4.69, 9.17) is 4.74 Å². The third-order valence-corrected chi connectivity index (χ3v) is 5.80. The van der Waals surface area contributed by atoms with Crippen molar-refractivity contribution in [3.63, 3.8) is 0 Å². The zero-order valence-corrected chi connectivity index (χ0v) is 17.2. The van der Waals surface area contributed by atoms with Crippen molar-refractivity contribution in [3.8, 4) is 5.75 Å². The monoisotopic (exact) mass is 410 g/mol. The van der Waals surface area contributed by atoms with Crippen LogP contribution in [0.1, 0.15) is 21.5 Å². The maximum absolute atomic E-state index is 12.6. The van der Waals surface area contributed by atoms with Crippen LogP contribution in [0, 0.1) is 13.8 Å². The van der Waals surface area contributed by atoms with Crippen LogP contribution in [0.5, 0.6) is 5.75 Å². The molecule has 150 valence electrons. The van der Waals surface area contributed by atoms with Crippen LogP contribution >= 0.6 is 0 Å². The molecule has 0 atom stereocenters. The van der Waals surface area contributed by atoms with Crippen LogP contribution in [-0.2, 0) is 10.0 Å². The normalized spacial score (nSPS) is 11.0. The van der Waals surface area contributed by atoms with Gasteiger partial charge in [-0.15, -0.1) is 0 Å². The second-order valence-electron chi connectivity index (χ2n) is 6.60. The molecule has 3 rings (SSSR count). The smallest absolute Gasteiger partial charge is 0.261 e. The summed E-state index contributed by atoms with van der Waals surface area (Å²) >= 11 is 0. The fourth-order valence-electron chi connectivity index (χ4n) is 2.78. The lowest BCUT2D eigenvalue weighted by Gasteiger charge is -2.13. The predicted molar refractivity (Wildman–Crippen MR) is 114 cm³/mol. The Hall–Kier alpha value is -3.32. The van der Waals surface area contributed by atoms with Gasteiger partial charge in [-0.05, 0) is 61.9 Å². The average Bonchev–Trinajstić information content (AvgIpc) is 2.70. The summed E-state index contributed by atoms with van der Waals surface area (Å²) in [6.45, 7) is 3.63. The third kappa shape index (κ3) is 4.75. The Balaban J connectivity index is 1.79. The number of para-hydroxylation sites is 2. The van der Waals surface area contributed by atoms with Crippen molar-refractivity contribution in [2.75, 3.05) is 17.1 Å². The number of carbonyl (C=O) groups excluding carboxylic acids is 1. The SMILES string of the molecule is COc1ccccc1NC(=O)c1ccc(NS(=O)(=O)c2ccc(C)cc2)c(C)c1. The Morgan fingerprint density at radius 2 is 1.59 bits per heavy atom. The van der Waals surface area contributed by atoms with Gasteiger partial charge in [-0.2, -0.15) is 0 Å². The van der Waals surface area contributed by atoms with Crippen LogP contribution in [0.3, 0.4) is 0 Å². The highest BCUT2D eigenvalue weighted by molar-refractivity contribution is 7.92. The number of amides is 1. The quantitative estimate of drug-likeness (QED) is 0.632. The van der Waals surface area contributed by atoms with E-state index in [-0.39, 0.29) is 10.8 Å². The Morgan fingerprint density at radius 1 is 0.897 bits per heavy atom. The number of hydrogen-bond acceptors (Lipinski definition) is 4. The van der Waals surface area contributed by atoms with Gasteiger partial charge in [0.05, 0.1) is 23.4 Å². The molecule has 0 radical (unpaired) electrons. The van der Waals surface area contributed by atoms with Crippen LogP contribution in [0.4, 0.5) is 11.4 Å². The first-order valence-electron chi connectivity index (χ1n) is 8.94. The molecule has 0 aliphatic carbocycles. The molecule has 7 heteroatoms. The molecule has 3 aromatic rings. The number of rotatable bonds is 6. The molecule has 0 saturated heterocycles. The maximum atomic E-state index is 12.6. The van der Waals surface area contributed by atoms with Gasteiger partial charge in [-0.1, -0.05) is 29.8 Å². The number of methoxy groups -OCH3 is 1. The lowest BCUT2D eigenvalue weighted by molar-refractivity contribution is 0.102. The van der Waals surface area contributed by atoms with Crippen LogP contribution in [0.2, 0.25) is 0 Å². The first kappa shape index (κ1) is 20.4. The minimum atomic E-state index is -3.71. The van der Waals surface area contributed by atoms with Crippen LogP contribution < -0.4 is 14.8 Å². The second kappa shape index (κ2) is 8.36. The van der Waals surface area contributed by atoms with Gasteiger partial charge in [0, 0.05) is 5.56 Å². The van der Waals surface area contributed by atoms with Crippen molar-refractivity contribution >= 4 is 27.3 Å². The summed E-state index contributed by atoms with van der Waals surface area (Å²) in [6, 6.07) is 18.5. The molecule has 0 spiro atoms. The molecule has 0 aliphatic rings. The van der Waals surface area contributed by atoms with E-state index in [1.807, 2.05) is 13.0 Å². The van der Waals surface area contributed by atoms with Gasteiger partial charge in [0.15, 0.2) is 0 Å². The van der Waals surface area contributed by atoms with E-state index < -0.39 is 10.0 Å². The molecule has 1 amide bonds. The van der Waals surface area contributed by atoms with E-state index in [0.717, 1.165) is 5.56 Å². The number of benzene rings is 3. The summed E-state index contributed by atoms with van der Waals surface area (Å²) in [5.41, 5.74) is 2.99. The third-order valence-electron chi connectivity index (χ3n) is 4.42. The van der Waals surface area contributed by atoms with Crippen molar-refractivity contribution < 1.29 is 17.9 Å². The molecule has 3 aromatic carbocycles. The number of ether oxygens (including phenoxy) is 1. The Morgan fingerprint density at radius 3 is 2.24 bits per heavy atom. The van der Waals surface area contributed by atoms with E-state index in [9.17, 15) is 13.2 Å². The van der Waals surface area contributed by atoms with Gasteiger partial charge in [0.2, 0.25) is 0 Å². The van der Waals surface area contributed by atoms with Crippen LogP contribution in [-0.4, -0.2) is 21.4 Å². The molecule has 29 heavy (non-hydrogen) atoms. The summed E-state index contributed by atoms with van der Waals surface area (Å²) in [5.74, 6) is 0.241. The molecule has 0 aromatic heterocycles. The minimum Gasteiger partial charge on any atom is -0.495 e. The zero-order chi connectivity index (χ0) is 21.0. The van der Waals surface area contributed by atoms with Crippen molar-refractivity contribution in [2.45, 2.75) is 18.7 Å². The molecular weight excluding hydrogens is 388 g/mol. The van der Waals surface area contributed by atoms with E-state index in [2.05, 4.69) is 10.0 Å². The van der Waals surface area contributed by atoms with Gasteiger partial charge in [-0.3, -0.25) is 9.52 Å². The number of hydrogen-bond donors (Lipinski definition) is 2. The van der Waals surface area contributed by atoms with Crippen molar-refractivity contribution in [3.05, 3.63) is 83.4 Å². The Labute approximate surface area is 170 Å². The molecule has 0 saturated carbocycles. The number of sulfonamides is 1. The lowest BCUT2D eigenvalue weighted by atomic mass is 10.1. The highest BCUT2D eigenvalue weighted by Gasteiger charge is 2.16. The molecule has 6 nitrogen and oxygen atoms in total. The highest BCUT2D eigenvalue weighted by Crippen LogP contribution is 2.25. The largest absolute Gasteiger partial charge is 0.495 e. The highest BCUT2D eigenvalue weighted by atomic mass is 32.2. The summed E-state index contributed by atoms with van der Waals surface area (Å²) < 4.78 is 33.0. The molecule has 2 N–H and O–H groups in total. The van der Waals surface area contributed by atoms with Crippen LogP contribution in [0.15, 0.2) is 71.6 Å². The van der Waals surface area contributed by atoms with E-state index in [0.29, 0.717) is 28.3 Å². The standard InChI is InChI=1S/C22H22N2O4S/c1-15-8-11-18(12-9-15)29(26,27)24-19-13-10-17(14-16(19)2)22(25)23-20-6-4-5-7-21(20)28-3/h4-14,24H,1-3H3,(H,23,25). The van der Waals surface area contributed by atoms with E-state index in [1.54, 1.807) is 67.6 Å². The fraction of sp³-hybridized carbons (Fsp3) is 0.136. The second-order valence-corrected chi connectivity index (χ2v) is 8.29. The van der Waals surface area contributed by atoms with Gasteiger partial charge < -0.3 is 10.1 Å². The van der Waals surface area contributed by atoms with Gasteiger partial charge in [0.1, 0.15) is 5.75 Å². The van der Waals surface area contributed by atoms with Crippen molar-refractivity contribution in [1.29, 1.82) is 0 Å².